The molecule has 3 N–H and O–H groups in total. The van der Waals surface area contributed by atoms with Gasteiger partial charge in [0.05, 0.1) is 21.9 Å². The Morgan fingerprint density at radius 1 is 1.10 bits per heavy atom. The Morgan fingerprint density at radius 3 is 2.38 bits per heavy atom. The summed E-state index contributed by atoms with van der Waals surface area (Å²) in [5, 5.41) is 19.0. The lowest BCUT2D eigenvalue weighted by Gasteiger charge is -2.09. The van der Waals surface area contributed by atoms with E-state index in [9.17, 15) is 4.39 Å². The molecule has 3 aromatic rings. The predicted octanol–water partition coefficient (Wildman–Crippen LogP) is 4.30. The third kappa shape index (κ3) is 6.20. The molecule has 0 aliphatic carbocycles. The summed E-state index contributed by atoms with van der Waals surface area (Å²) in [5.41, 5.74) is 2.68. The lowest BCUT2D eigenvalue weighted by atomic mass is 10.2. The molecule has 0 amide bonds. The van der Waals surface area contributed by atoms with Crippen LogP contribution in [-0.4, -0.2) is 31.7 Å². The van der Waals surface area contributed by atoms with Gasteiger partial charge in [0.25, 0.3) is 0 Å². The number of hydrogen-bond acceptors (Lipinski definition) is 4. The van der Waals surface area contributed by atoms with E-state index in [-0.39, 0.29) is 5.82 Å². The first-order chi connectivity index (χ1) is 13.7. The van der Waals surface area contributed by atoms with E-state index in [0.29, 0.717) is 22.5 Å². The van der Waals surface area contributed by atoms with Gasteiger partial charge in [-0.1, -0.05) is 41.4 Å². The molecule has 1 heterocycles. The smallest absolute Gasteiger partial charge is 0.414 e. The predicted molar refractivity (Wildman–Crippen MR) is 108 cm³/mol. The van der Waals surface area contributed by atoms with Gasteiger partial charge in [-0.3, -0.25) is 0 Å². The van der Waals surface area contributed by atoms with Crippen LogP contribution in [0.5, 0.6) is 0 Å². The first kappa shape index (κ1) is 22.2. The molecule has 10 heteroatoms. The Labute approximate surface area is 175 Å². The summed E-state index contributed by atoms with van der Waals surface area (Å²) in [6.45, 7) is 0.490. The molecule has 2 aromatic carbocycles. The minimum absolute atomic E-state index is 0.249. The summed E-state index contributed by atoms with van der Waals surface area (Å²) in [6.07, 6.45) is 1.76. The van der Waals surface area contributed by atoms with Gasteiger partial charge in [-0.2, -0.15) is 0 Å². The number of aliphatic carboxylic acids is 2. The van der Waals surface area contributed by atoms with E-state index < -0.39 is 11.9 Å². The number of nitrogens with one attached hydrogen (secondary N) is 1. The molecule has 0 saturated heterocycles. The quantitative estimate of drug-likeness (QED) is 0.523. The van der Waals surface area contributed by atoms with Crippen molar-refractivity contribution in [2.75, 3.05) is 5.32 Å². The molecule has 0 spiro atoms. The Hall–Kier alpha value is -3.10. The molecule has 0 fully saturated rings. The fourth-order valence-electron chi connectivity index (χ4n) is 2.33. The van der Waals surface area contributed by atoms with Gasteiger partial charge in [0.15, 0.2) is 0 Å². The minimum atomic E-state index is -1.82. The third-order valence-corrected chi connectivity index (χ3v) is 4.47. The molecule has 7 nitrogen and oxygen atoms in total. The second-order valence-corrected chi connectivity index (χ2v) is 6.56. The summed E-state index contributed by atoms with van der Waals surface area (Å²) < 4.78 is 15.1. The van der Waals surface area contributed by atoms with Crippen LogP contribution in [0, 0.1) is 5.82 Å². The van der Waals surface area contributed by atoms with Gasteiger partial charge in [0, 0.05) is 19.2 Å². The first-order valence-electron chi connectivity index (χ1n) is 8.10. The number of anilines is 1. The van der Waals surface area contributed by atoms with Crippen LogP contribution in [0.4, 0.5) is 10.3 Å². The highest BCUT2D eigenvalue weighted by atomic mass is 35.5. The van der Waals surface area contributed by atoms with Crippen LogP contribution in [0.25, 0.3) is 11.3 Å². The fraction of sp³-hybridized carbons (Fsp3) is 0.105. The summed E-state index contributed by atoms with van der Waals surface area (Å²) in [4.78, 5) is 22.6. The number of halogens is 3. The summed E-state index contributed by atoms with van der Waals surface area (Å²) in [7, 11) is 1.90. The molecule has 1 aromatic heterocycles. The molecule has 0 aliphatic heterocycles. The monoisotopic (exact) mass is 439 g/mol. The molecule has 0 bridgehead atoms. The zero-order valence-electron chi connectivity index (χ0n) is 15.1. The largest absolute Gasteiger partial charge is 0.473 e. The van der Waals surface area contributed by atoms with Gasteiger partial charge < -0.3 is 20.1 Å². The van der Waals surface area contributed by atoms with Crippen LogP contribution in [0.3, 0.4) is 0 Å². The highest BCUT2D eigenvalue weighted by Gasteiger charge is 2.10. The van der Waals surface area contributed by atoms with Gasteiger partial charge in [-0.15, -0.1) is 0 Å². The normalized spacial score (nSPS) is 10.1. The van der Waals surface area contributed by atoms with E-state index in [1.807, 2.05) is 23.7 Å². The number of carboxylic acid groups (broad SMARTS) is 2. The third-order valence-electron chi connectivity index (χ3n) is 3.73. The van der Waals surface area contributed by atoms with Gasteiger partial charge >= 0.3 is 11.9 Å². The number of imidazole rings is 1. The van der Waals surface area contributed by atoms with E-state index in [4.69, 9.17) is 43.0 Å². The van der Waals surface area contributed by atoms with E-state index in [1.54, 1.807) is 24.4 Å². The topological polar surface area (TPSA) is 104 Å². The van der Waals surface area contributed by atoms with E-state index in [2.05, 4.69) is 10.3 Å². The number of hydrogen-bond donors (Lipinski definition) is 3. The number of benzene rings is 2. The molecule has 152 valence electrons. The maximum Gasteiger partial charge on any atom is 0.414 e. The number of carbonyl (C=O) groups is 2. The van der Waals surface area contributed by atoms with E-state index in [1.165, 1.54) is 12.1 Å². The van der Waals surface area contributed by atoms with E-state index >= 15 is 0 Å². The highest BCUT2D eigenvalue weighted by Crippen LogP contribution is 2.29. The van der Waals surface area contributed by atoms with Crippen LogP contribution in [0.1, 0.15) is 5.56 Å². The number of carboxylic acids is 2. The molecule has 0 aliphatic rings. The first-order valence-corrected chi connectivity index (χ1v) is 8.86. The second kappa shape index (κ2) is 9.90. The number of aromatic nitrogens is 2. The standard InChI is InChI=1S/C17H14Cl2FN3.C2H2O4/c1-23-16(12-5-6-14(18)15(19)8-12)10-22-17(23)21-9-11-3-2-4-13(20)7-11;3-1(4)2(5)6/h2-8,10H,9H2,1H3,(H,21,22);(H,3,4)(H,5,6). The molecular formula is C19H16Cl2FN3O4. The van der Waals surface area contributed by atoms with Crippen molar-refractivity contribution in [3.8, 4) is 11.3 Å². The van der Waals surface area contributed by atoms with Crippen molar-refractivity contribution < 1.29 is 24.2 Å². The molecule has 29 heavy (non-hydrogen) atoms. The molecule has 0 atom stereocenters. The van der Waals surface area contributed by atoms with Crippen molar-refractivity contribution in [3.63, 3.8) is 0 Å². The van der Waals surface area contributed by atoms with Crippen LogP contribution in [0.2, 0.25) is 10.0 Å². The summed E-state index contributed by atoms with van der Waals surface area (Å²) >= 11 is 12.0. The Bertz CT molecular complexity index is 1030. The van der Waals surface area contributed by atoms with Crippen molar-refractivity contribution in [2.45, 2.75) is 6.54 Å². The van der Waals surface area contributed by atoms with Gasteiger partial charge in [-0.25, -0.2) is 19.0 Å². The lowest BCUT2D eigenvalue weighted by molar-refractivity contribution is -0.159. The number of nitrogens with zero attached hydrogens (tertiary/aromatic N) is 2. The van der Waals surface area contributed by atoms with Crippen molar-refractivity contribution in [3.05, 3.63) is 70.1 Å². The van der Waals surface area contributed by atoms with Gasteiger partial charge in [0.1, 0.15) is 5.82 Å². The van der Waals surface area contributed by atoms with Crippen molar-refractivity contribution >= 4 is 41.1 Å². The molecule has 3 rings (SSSR count). The summed E-state index contributed by atoms with van der Waals surface area (Å²) in [5.74, 6) is -3.21. The maximum absolute atomic E-state index is 13.2. The lowest BCUT2D eigenvalue weighted by Crippen LogP contribution is -2.09. The zero-order valence-corrected chi connectivity index (χ0v) is 16.6. The van der Waals surface area contributed by atoms with Crippen molar-refractivity contribution in [2.24, 2.45) is 7.05 Å². The maximum atomic E-state index is 13.2. The van der Waals surface area contributed by atoms with Crippen LogP contribution in [0.15, 0.2) is 48.7 Å². The van der Waals surface area contributed by atoms with Crippen LogP contribution < -0.4 is 5.32 Å². The van der Waals surface area contributed by atoms with Crippen LogP contribution >= 0.6 is 23.2 Å². The number of rotatable bonds is 4. The fourth-order valence-corrected chi connectivity index (χ4v) is 2.62. The second-order valence-electron chi connectivity index (χ2n) is 5.75. The van der Waals surface area contributed by atoms with E-state index in [0.717, 1.165) is 16.8 Å². The summed E-state index contributed by atoms with van der Waals surface area (Å²) in [6, 6.07) is 11.9. The van der Waals surface area contributed by atoms with Crippen molar-refractivity contribution in [1.82, 2.24) is 9.55 Å². The van der Waals surface area contributed by atoms with Crippen molar-refractivity contribution in [1.29, 1.82) is 0 Å². The average Bonchev–Trinajstić information content (AvgIpc) is 3.03. The molecule has 0 saturated carbocycles. The Balaban J connectivity index is 0.000000438. The Morgan fingerprint density at radius 2 is 1.79 bits per heavy atom. The van der Waals surface area contributed by atoms with Gasteiger partial charge in [-0.05, 0) is 29.8 Å². The van der Waals surface area contributed by atoms with Gasteiger partial charge in [0.2, 0.25) is 5.95 Å². The Kier molecular flexibility index (Phi) is 7.58. The minimum Gasteiger partial charge on any atom is -0.473 e. The van der Waals surface area contributed by atoms with Crippen LogP contribution in [-0.2, 0) is 23.2 Å². The average molecular weight is 440 g/mol. The molecule has 0 radical (unpaired) electrons. The zero-order chi connectivity index (χ0) is 21.6. The molecular weight excluding hydrogens is 424 g/mol. The highest BCUT2D eigenvalue weighted by molar-refractivity contribution is 6.42. The SMILES string of the molecule is Cn1c(-c2ccc(Cl)c(Cl)c2)cnc1NCc1cccc(F)c1.O=C(O)C(=O)O. The molecule has 0 unspecified atom stereocenters.